The van der Waals surface area contributed by atoms with Gasteiger partial charge in [0, 0.05) is 12.1 Å². The van der Waals surface area contributed by atoms with Gasteiger partial charge in [-0.2, -0.15) is 0 Å². The summed E-state index contributed by atoms with van der Waals surface area (Å²) in [7, 11) is 0. The molecule has 1 aromatic carbocycles. The number of hydrogen-bond donors (Lipinski definition) is 1. The van der Waals surface area contributed by atoms with E-state index in [0.717, 1.165) is 17.0 Å². The van der Waals surface area contributed by atoms with Gasteiger partial charge in [-0.15, -0.1) is 0 Å². The highest BCUT2D eigenvalue weighted by atomic mass is 16.6. The number of aryl methyl sites for hydroxylation is 2. The summed E-state index contributed by atoms with van der Waals surface area (Å²) < 4.78 is 0. The highest BCUT2D eigenvalue weighted by Gasteiger charge is 2.38. The molecule has 2 aliphatic rings. The molecule has 1 N–H and O–H groups in total. The van der Waals surface area contributed by atoms with Crippen molar-refractivity contribution >= 4 is 11.4 Å². The number of fused-ring (bicyclic) bond motifs is 2. The summed E-state index contributed by atoms with van der Waals surface area (Å²) >= 11 is 0. The molecule has 2 aliphatic carbocycles. The standard InChI is InChI=1S/C17H22N2O2/c1-10-6-16(17(19(20)21)7-11(10)2)18-12(3)15-9-13-4-5-14(15)8-13/h4-7,12-15,18H,8-9H2,1-3H3. The Morgan fingerprint density at radius 2 is 1.95 bits per heavy atom. The van der Waals surface area contributed by atoms with E-state index in [1.807, 2.05) is 19.9 Å². The van der Waals surface area contributed by atoms with Crippen molar-refractivity contribution in [2.75, 3.05) is 5.32 Å². The first-order valence-corrected chi connectivity index (χ1v) is 7.66. The van der Waals surface area contributed by atoms with Crippen molar-refractivity contribution in [1.29, 1.82) is 0 Å². The fourth-order valence-electron chi connectivity index (χ4n) is 3.82. The number of anilines is 1. The molecule has 0 aliphatic heterocycles. The van der Waals surface area contributed by atoms with Crippen LogP contribution in [0.1, 0.15) is 30.9 Å². The smallest absolute Gasteiger partial charge is 0.292 e. The van der Waals surface area contributed by atoms with Crippen LogP contribution >= 0.6 is 0 Å². The van der Waals surface area contributed by atoms with E-state index in [1.165, 1.54) is 12.8 Å². The quantitative estimate of drug-likeness (QED) is 0.512. The summed E-state index contributed by atoms with van der Waals surface area (Å²) in [4.78, 5) is 11.0. The highest BCUT2D eigenvalue weighted by Crippen LogP contribution is 2.45. The largest absolute Gasteiger partial charge is 0.377 e. The van der Waals surface area contributed by atoms with Crippen molar-refractivity contribution in [3.05, 3.63) is 45.5 Å². The number of allylic oxidation sites excluding steroid dienone is 2. The van der Waals surface area contributed by atoms with Crippen LogP contribution in [-0.2, 0) is 0 Å². The van der Waals surface area contributed by atoms with Gasteiger partial charge in [0.05, 0.1) is 4.92 Å². The molecule has 4 atom stereocenters. The van der Waals surface area contributed by atoms with Crippen LogP contribution in [0.5, 0.6) is 0 Å². The average molecular weight is 286 g/mol. The molecular formula is C17H22N2O2. The van der Waals surface area contributed by atoms with Gasteiger partial charge in [0.1, 0.15) is 5.69 Å². The van der Waals surface area contributed by atoms with E-state index in [9.17, 15) is 10.1 Å². The molecule has 0 saturated heterocycles. The number of benzene rings is 1. The van der Waals surface area contributed by atoms with Crippen LogP contribution in [-0.4, -0.2) is 11.0 Å². The van der Waals surface area contributed by atoms with Gasteiger partial charge in [0.25, 0.3) is 5.69 Å². The summed E-state index contributed by atoms with van der Waals surface area (Å²) in [6.07, 6.45) is 7.11. The van der Waals surface area contributed by atoms with Crippen LogP contribution in [0.15, 0.2) is 24.3 Å². The molecule has 1 saturated carbocycles. The number of nitro groups is 1. The fraction of sp³-hybridized carbons (Fsp3) is 0.529. The monoisotopic (exact) mass is 286 g/mol. The normalized spacial score (nSPS) is 27.9. The van der Waals surface area contributed by atoms with E-state index in [4.69, 9.17) is 0 Å². The van der Waals surface area contributed by atoms with Crippen LogP contribution in [0.25, 0.3) is 0 Å². The Bertz CT molecular complexity index is 609. The Balaban J connectivity index is 1.82. The maximum Gasteiger partial charge on any atom is 0.292 e. The number of rotatable bonds is 4. The van der Waals surface area contributed by atoms with Gasteiger partial charge in [-0.1, -0.05) is 12.2 Å². The van der Waals surface area contributed by atoms with Gasteiger partial charge < -0.3 is 5.32 Å². The van der Waals surface area contributed by atoms with E-state index < -0.39 is 0 Å². The van der Waals surface area contributed by atoms with Crippen LogP contribution in [0.3, 0.4) is 0 Å². The van der Waals surface area contributed by atoms with Gasteiger partial charge in [0.2, 0.25) is 0 Å². The van der Waals surface area contributed by atoms with Gasteiger partial charge in [0.15, 0.2) is 0 Å². The van der Waals surface area contributed by atoms with Crippen LogP contribution in [0.2, 0.25) is 0 Å². The molecule has 112 valence electrons. The van der Waals surface area contributed by atoms with E-state index in [0.29, 0.717) is 17.5 Å². The molecular weight excluding hydrogens is 264 g/mol. The molecule has 0 amide bonds. The summed E-state index contributed by atoms with van der Waals surface area (Å²) in [5.74, 6) is 1.95. The number of nitro benzene ring substituents is 1. The van der Waals surface area contributed by atoms with Crippen molar-refractivity contribution < 1.29 is 4.92 Å². The molecule has 3 rings (SSSR count). The number of hydrogen-bond acceptors (Lipinski definition) is 3. The Morgan fingerprint density at radius 1 is 1.24 bits per heavy atom. The molecule has 4 nitrogen and oxygen atoms in total. The molecule has 0 aromatic heterocycles. The van der Waals surface area contributed by atoms with E-state index in [1.54, 1.807) is 6.07 Å². The molecule has 0 radical (unpaired) electrons. The van der Waals surface area contributed by atoms with Crippen molar-refractivity contribution in [1.82, 2.24) is 0 Å². The van der Waals surface area contributed by atoms with Gasteiger partial charge >= 0.3 is 0 Å². The Hall–Kier alpha value is -1.84. The molecule has 2 bridgehead atoms. The second-order valence-corrected chi connectivity index (χ2v) is 6.59. The van der Waals surface area contributed by atoms with E-state index in [-0.39, 0.29) is 16.7 Å². The number of nitrogens with one attached hydrogen (secondary N) is 1. The highest BCUT2D eigenvalue weighted by molar-refractivity contribution is 5.65. The number of nitrogens with zero attached hydrogens (tertiary/aromatic N) is 1. The summed E-state index contributed by atoms with van der Waals surface area (Å²) in [6, 6.07) is 3.84. The second-order valence-electron chi connectivity index (χ2n) is 6.59. The first-order chi connectivity index (χ1) is 9.95. The molecule has 1 aromatic rings. The molecule has 0 spiro atoms. The van der Waals surface area contributed by atoms with Crippen molar-refractivity contribution in [3.63, 3.8) is 0 Å². The topological polar surface area (TPSA) is 55.2 Å². The van der Waals surface area contributed by atoms with E-state index in [2.05, 4.69) is 24.4 Å². The lowest BCUT2D eigenvalue weighted by atomic mass is 9.87. The van der Waals surface area contributed by atoms with Gasteiger partial charge in [-0.05, 0) is 68.6 Å². The Kier molecular flexibility index (Phi) is 3.47. The third-order valence-electron chi connectivity index (χ3n) is 5.16. The fourth-order valence-corrected chi connectivity index (χ4v) is 3.82. The molecule has 1 fully saturated rings. The Morgan fingerprint density at radius 3 is 2.52 bits per heavy atom. The lowest BCUT2D eigenvalue weighted by molar-refractivity contribution is -0.384. The zero-order valence-corrected chi connectivity index (χ0v) is 12.8. The summed E-state index contributed by atoms with van der Waals surface area (Å²) in [6.45, 7) is 6.06. The third kappa shape index (κ3) is 2.55. The van der Waals surface area contributed by atoms with Gasteiger partial charge in [-0.25, -0.2) is 0 Å². The lowest BCUT2D eigenvalue weighted by Crippen LogP contribution is -2.29. The Labute approximate surface area is 125 Å². The zero-order valence-electron chi connectivity index (χ0n) is 12.8. The van der Waals surface area contributed by atoms with Crippen LogP contribution in [0.4, 0.5) is 11.4 Å². The summed E-state index contributed by atoms with van der Waals surface area (Å²) in [5, 5.41) is 14.7. The maximum absolute atomic E-state index is 11.3. The second kappa shape index (κ2) is 5.17. The van der Waals surface area contributed by atoms with Crippen molar-refractivity contribution in [2.24, 2.45) is 17.8 Å². The molecule has 21 heavy (non-hydrogen) atoms. The minimum Gasteiger partial charge on any atom is -0.377 e. The zero-order chi connectivity index (χ0) is 15.1. The maximum atomic E-state index is 11.3. The van der Waals surface area contributed by atoms with Crippen LogP contribution in [0, 0.1) is 41.7 Å². The van der Waals surface area contributed by atoms with Crippen molar-refractivity contribution in [2.45, 2.75) is 39.7 Å². The minimum absolute atomic E-state index is 0.184. The van der Waals surface area contributed by atoms with Crippen LogP contribution < -0.4 is 5.32 Å². The molecule has 0 heterocycles. The predicted molar refractivity (Wildman–Crippen MR) is 84.5 cm³/mol. The predicted octanol–water partition coefficient (Wildman–Crippen LogP) is 4.22. The van der Waals surface area contributed by atoms with Gasteiger partial charge in [-0.3, -0.25) is 10.1 Å². The van der Waals surface area contributed by atoms with Crippen molar-refractivity contribution in [3.8, 4) is 0 Å². The third-order valence-corrected chi connectivity index (χ3v) is 5.16. The first kappa shape index (κ1) is 14.1. The lowest BCUT2D eigenvalue weighted by Gasteiger charge is -2.27. The molecule has 4 heteroatoms. The average Bonchev–Trinajstić information content (AvgIpc) is 3.04. The first-order valence-electron chi connectivity index (χ1n) is 7.66. The summed E-state index contributed by atoms with van der Waals surface area (Å²) in [5.41, 5.74) is 2.89. The minimum atomic E-state index is -0.289. The van der Waals surface area contributed by atoms with E-state index >= 15 is 0 Å². The SMILES string of the molecule is Cc1cc(NC(C)C2CC3C=CC2C3)c([N+](=O)[O-])cc1C. The molecule has 4 unspecified atom stereocenters.